The summed E-state index contributed by atoms with van der Waals surface area (Å²) in [6.07, 6.45) is 1.59. The van der Waals surface area contributed by atoms with E-state index in [1.165, 1.54) is 0 Å². The number of nitrogens with zero attached hydrogens (tertiary/aromatic N) is 3. The highest BCUT2D eigenvalue weighted by Crippen LogP contribution is 2.18. The average molecular weight is 273 g/mol. The summed E-state index contributed by atoms with van der Waals surface area (Å²) in [6, 6.07) is 3.69. The minimum atomic E-state index is -0.198. The molecule has 0 aliphatic heterocycles. The molecule has 0 aromatic carbocycles. The van der Waals surface area contributed by atoms with Crippen LogP contribution in [0.5, 0.6) is 0 Å². The molecule has 0 aliphatic rings. The molecule has 2 aromatic rings. The Labute approximate surface area is 118 Å². The second-order valence-electron chi connectivity index (χ2n) is 4.65. The van der Waals surface area contributed by atoms with Gasteiger partial charge in [0.1, 0.15) is 5.82 Å². The van der Waals surface area contributed by atoms with E-state index in [-0.39, 0.29) is 5.91 Å². The number of carbonyl (C=O) groups excluding carboxylic acids is 1. The Hall–Kier alpha value is -2.37. The normalized spacial score (nSPS) is 10.4. The summed E-state index contributed by atoms with van der Waals surface area (Å²) in [5, 5.41) is 10.2. The number of aryl methyl sites for hydroxylation is 3. The molecule has 0 saturated carbocycles. The second kappa shape index (κ2) is 5.73. The summed E-state index contributed by atoms with van der Waals surface area (Å²) >= 11 is 0. The van der Waals surface area contributed by atoms with Gasteiger partial charge in [-0.25, -0.2) is 0 Å². The Morgan fingerprint density at radius 2 is 2.05 bits per heavy atom. The van der Waals surface area contributed by atoms with Gasteiger partial charge in [0.15, 0.2) is 0 Å². The Kier molecular flexibility index (Phi) is 4.02. The average Bonchev–Trinajstić information content (AvgIpc) is 2.68. The molecule has 0 aliphatic carbocycles. The van der Waals surface area contributed by atoms with Gasteiger partial charge in [-0.15, -0.1) is 0 Å². The molecule has 0 spiro atoms. The maximum Gasteiger partial charge on any atom is 0.260 e. The van der Waals surface area contributed by atoms with Crippen molar-refractivity contribution < 1.29 is 4.79 Å². The number of hydrogen-bond acceptors (Lipinski definition) is 4. The van der Waals surface area contributed by atoms with E-state index in [9.17, 15) is 4.79 Å². The van der Waals surface area contributed by atoms with E-state index in [1.54, 1.807) is 17.9 Å². The van der Waals surface area contributed by atoms with Crippen molar-refractivity contribution in [3.63, 3.8) is 0 Å². The van der Waals surface area contributed by atoms with Gasteiger partial charge in [0, 0.05) is 31.5 Å². The molecule has 6 heteroatoms. The Morgan fingerprint density at radius 3 is 2.65 bits per heavy atom. The van der Waals surface area contributed by atoms with Crippen LogP contribution in [0.3, 0.4) is 0 Å². The molecule has 2 rings (SSSR count). The van der Waals surface area contributed by atoms with Crippen LogP contribution in [-0.2, 0) is 7.05 Å². The monoisotopic (exact) mass is 273 g/mol. The first-order valence-corrected chi connectivity index (χ1v) is 6.53. The molecule has 0 unspecified atom stereocenters. The lowest BCUT2D eigenvalue weighted by atomic mass is 10.2. The highest BCUT2D eigenvalue weighted by atomic mass is 16.1. The van der Waals surface area contributed by atoms with Gasteiger partial charge in [0.2, 0.25) is 0 Å². The van der Waals surface area contributed by atoms with Gasteiger partial charge in [0.05, 0.1) is 16.9 Å². The lowest BCUT2D eigenvalue weighted by molar-refractivity contribution is 0.102. The van der Waals surface area contributed by atoms with E-state index in [2.05, 4.69) is 20.7 Å². The maximum absolute atomic E-state index is 12.4. The van der Waals surface area contributed by atoms with Crippen molar-refractivity contribution in [3.8, 4) is 0 Å². The standard InChI is InChI=1S/C14H19N5O/c1-5-15-12-6-9(2)16-8-11(12)14(20)17-13-7-10(3)18-19(13)4/h6-8H,5H2,1-4H3,(H,15,16)(H,17,20). The van der Waals surface area contributed by atoms with Crippen LogP contribution in [0.2, 0.25) is 0 Å². The fourth-order valence-electron chi connectivity index (χ4n) is 1.99. The fourth-order valence-corrected chi connectivity index (χ4v) is 1.99. The number of aromatic nitrogens is 3. The van der Waals surface area contributed by atoms with Gasteiger partial charge in [-0.1, -0.05) is 0 Å². The molecule has 6 nitrogen and oxygen atoms in total. The van der Waals surface area contributed by atoms with Gasteiger partial charge >= 0.3 is 0 Å². The third-order valence-electron chi connectivity index (χ3n) is 2.90. The van der Waals surface area contributed by atoms with Crippen LogP contribution in [0.1, 0.15) is 28.7 Å². The first kappa shape index (κ1) is 14.0. The van der Waals surface area contributed by atoms with E-state index >= 15 is 0 Å². The van der Waals surface area contributed by atoms with Gasteiger partial charge in [-0.2, -0.15) is 5.10 Å². The van der Waals surface area contributed by atoms with Crippen LogP contribution < -0.4 is 10.6 Å². The lowest BCUT2D eigenvalue weighted by Crippen LogP contribution is -2.17. The molecule has 0 radical (unpaired) electrons. The first-order chi connectivity index (χ1) is 9.51. The molecule has 2 heterocycles. The van der Waals surface area contributed by atoms with E-state index in [0.29, 0.717) is 11.4 Å². The van der Waals surface area contributed by atoms with Crippen molar-refractivity contribution in [2.45, 2.75) is 20.8 Å². The molecule has 2 aromatic heterocycles. The van der Waals surface area contributed by atoms with E-state index in [0.717, 1.165) is 23.6 Å². The molecule has 106 valence electrons. The summed E-state index contributed by atoms with van der Waals surface area (Å²) in [4.78, 5) is 16.5. The first-order valence-electron chi connectivity index (χ1n) is 6.53. The number of rotatable bonds is 4. The van der Waals surface area contributed by atoms with Gasteiger partial charge in [-0.3, -0.25) is 14.5 Å². The molecule has 1 amide bonds. The van der Waals surface area contributed by atoms with Gasteiger partial charge in [0.25, 0.3) is 5.91 Å². The molecule has 0 atom stereocenters. The van der Waals surface area contributed by atoms with Gasteiger partial charge in [-0.05, 0) is 26.8 Å². The summed E-state index contributed by atoms with van der Waals surface area (Å²) in [7, 11) is 1.79. The molecular weight excluding hydrogens is 254 g/mol. The number of amides is 1. The van der Waals surface area contributed by atoms with Gasteiger partial charge < -0.3 is 10.6 Å². The predicted molar refractivity (Wildman–Crippen MR) is 79.0 cm³/mol. The van der Waals surface area contributed by atoms with Crippen LogP contribution in [0, 0.1) is 13.8 Å². The van der Waals surface area contributed by atoms with Crippen LogP contribution in [0.25, 0.3) is 0 Å². The zero-order valence-corrected chi connectivity index (χ0v) is 12.2. The zero-order chi connectivity index (χ0) is 14.7. The lowest BCUT2D eigenvalue weighted by Gasteiger charge is -2.11. The topological polar surface area (TPSA) is 71.8 Å². The van der Waals surface area contributed by atoms with Crippen molar-refractivity contribution in [1.29, 1.82) is 0 Å². The van der Waals surface area contributed by atoms with Crippen LogP contribution in [0.4, 0.5) is 11.5 Å². The van der Waals surface area contributed by atoms with Crippen molar-refractivity contribution in [3.05, 3.63) is 35.3 Å². The summed E-state index contributed by atoms with van der Waals surface area (Å²) in [6.45, 7) is 6.51. The molecule has 2 N–H and O–H groups in total. The minimum Gasteiger partial charge on any atom is -0.385 e. The van der Waals surface area contributed by atoms with Crippen molar-refractivity contribution in [1.82, 2.24) is 14.8 Å². The maximum atomic E-state index is 12.4. The number of anilines is 2. The van der Waals surface area contributed by atoms with E-state index in [4.69, 9.17) is 0 Å². The minimum absolute atomic E-state index is 0.198. The smallest absolute Gasteiger partial charge is 0.260 e. The quantitative estimate of drug-likeness (QED) is 0.895. The molecular formula is C14H19N5O. The third kappa shape index (κ3) is 2.96. The third-order valence-corrected chi connectivity index (χ3v) is 2.90. The predicted octanol–water partition coefficient (Wildman–Crippen LogP) is 2.12. The zero-order valence-electron chi connectivity index (χ0n) is 12.2. The Balaban J connectivity index is 2.27. The highest BCUT2D eigenvalue weighted by Gasteiger charge is 2.14. The number of pyridine rings is 1. The van der Waals surface area contributed by atoms with Crippen molar-refractivity contribution in [2.75, 3.05) is 17.2 Å². The van der Waals surface area contributed by atoms with E-state index in [1.807, 2.05) is 32.9 Å². The van der Waals surface area contributed by atoms with E-state index < -0.39 is 0 Å². The fraction of sp³-hybridized carbons (Fsp3) is 0.357. The highest BCUT2D eigenvalue weighted by molar-refractivity contribution is 6.07. The van der Waals surface area contributed by atoms with Crippen molar-refractivity contribution in [2.24, 2.45) is 7.05 Å². The van der Waals surface area contributed by atoms with Crippen LogP contribution >= 0.6 is 0 Å². The number of carbonyl (C=O) groups is 1. The summed E-state index contributed by atoms with van der Waals surface area (Å²) in [5.74, 6) is 0.465. The number of hydrogen-bond donors (Lipinski definition) is 2. The Bertz CT molecular complexity index is 632. The molecule has 20 heavy (non-hydrogen) atoms. The second-order valence-corrected chi connectivity index (χ2v) is 4.65. The Morgan fingerprint density at radius 1 is 1.30 bits per heavy atom. The molecule has 0 bridgehead atoms. The van der Waals surface area contributed by atoms with Crippen LogP contribution in [-0.4, -0.2) is 27.2 Å². The van der Waals surface area contributed by atoms with Crippen molar-refractivity contribution >= 4 is 17.4 Å². The SMILES string of the molecule is CCNc1cc(C)ncc1C(=O)Nc1cc(C)nn1C. The van der Waals surface area contributed by atoms with Crippen LogP contribution in [0.15, 0.2) is 18.3 Å². The number of nitrogens with one attached hydrogen (secondary N) is 2. The summed E-state index contributed by atoms with van der Waals surface area (Å²) in [5.41, 5.74) is 3.04. The summed E-state index contributed by atoms with van der Waals surface area (Å²) < 4.78 is 1.64. The molecule has 0 saturated heterocycles. The molecule has 0 fully saturated rings. The largest absolute Gasteiger partial charge is 0.385 e.